The molecule has 1 amide bonds. The van der Waals surface area contributed by atoms with Gasteiger partial charge in [-0.1, -0.05) is 25.5 Å². The third-order valence-electron chi connectivity index (χ3n) is 3.71. The van der Waals surface area contributed by atoms with Crippen molar-refractivity contribution in [2.24, 2.45) is 0 Å². The average molecular weight is 355 g/mol. The van der Waals surface area contributed by atoms with E-state index in [0.717, 1.165) is 18.4 Å². The van der Waals surface area contributed by atoms with Crippen molar-refractivity contribution >= 4 is 17.7 Å². The Bertz CT molecular complexity index is 755. The predicted octanol–water partition coefficient (Wildman–Crippen LogP) is 4.53. The summed E-state index contributed by atoms with van der Waals surface area (Å²) in [6.07, 6.45) is 5.28. The minimum atomic E-state index is -0.222. The van der Waals surface area contributed by atoms with Crippen LogP contribution >= 0.6 is 0 Å². The Morgan fingerprint density at radius 3 is 2.65 bits per heavy atom. The fourth-order valence-corrected chi connectivity index (χ4v) is 2.29. The highest BCUT2D eigenvalue weighted by Crippen LogP contribution is 2.28. The summed E-state index contributed by atoms with van der Waals surface area (Å²) in [4.78, 5) is 12.1. The van der Waals surface area contributed by atoms with Crippen LogP contribution in [-0.2, 0) is 4.79 Å². The Labute approximate surface area is 154 Å². The van der Waals surface area contributed by atoms with Gasteiger partial charge < -0.3 is 19.5 Å². The Morgan fingerprint density at radius 2 is 1.92 bits per heavy atom. The second kappa shape index (κ2) is 10.1. The number of carbonyl (C=O) groups excluding carboxylic acids is 1. The molecule has 0 aliphatic rings. The Morgan fingerprint density at radius 1 is 1.08 bits per heavy atom. The zero-order chi connectivity index (χ0) is 18.8. The van der Waals surface area contributed by atoms with Crippen molar-refractivity contribution in [2.75, 3.05) is 26.1 Å². The Kier molecular flexibility index (Phi) is 7.55. The zero-order valence-electron chi connectivity index (χ0n) is 15.5. The van der Waals surface area contributed by atoms with Crippen LogP contribution in [0.2, 0.25) is 0 Å². The van der Waals surface area contributed by atoms with E-state index in [9.17, 15) is 4.79 Å². The van der Waals surface area contributed by atoms with Gasteiger partial charge in [-0.05, 0) is 42.3 Å². The molecule has 26 heavy (non-hydrogen) atoms. The fourth-order valence-electron chi connectivity index (χ4n) is 2.29. The van der Waals surface area contributed by atoms with Gasteiger partial charge in [-0.3, -0.25) is 4.79 Å². The molecule has 0 fully saturated rings. The quantitative estimate of drug-likeness (QED) is 0.530. The van der Waals surface area contributed by atoms with Gasteiger partial charge in [0.25, 0.3) is 0 Å². The number of methoxy groups -OCH3 is 2. The lowest BCUT2D eigenvalue weighted by Gasteiger charge is -2.11. The maximum Gasteiger partial charge on any atom is 0.248 e. The molecule has 0 aliphatic carbocycles. The van der Waals surface area contributed by atoms with Crippen LogP contribution in [0.15, 0.2) is 48.5 Å². The van der Waals surface area contributed by atoms with Crippen molar-refractivity contribution in [1.82, 2.24) is 0 Å². The average Bonchev–Trinajstić information content (AvgIpc) is 2.67. The van der Waals surface area contributed by atoms with E-state index in [2.05, 4.69) is 12.2 Å². The van der Waals surface area contributed by atoms with Gasteiger partial charge in [-0.2, -0.15) is 0 Å². The molecule has 0 radical (unpaired) electrons. The van der Waals surface area contributed by atoms with E-state index in [0.29, 0.717) is 29.5 Å². The van der Waals surface area contributed by atoms with E-state index in [1.54, 1.807) is 32.4 Å². The van der Waals surface area contributed by atoms with Gasteiger partial charge in [0.2, 0.25) is 5.91 Å². The first-order valence-electron chi connectivity index (χ1n) is 8.60. The third-order valence-corrected chi connectivity index (χ3v) is 3.71. The molecule has 0 saturated carbocycles. The summed E-state index contributed by atoms with van der Waals surface area (Å²) in [6, 6.07) is 12.8. The SMILES string of the molecule is CCCCOc1ccc(/C=C/C(=O)Nc2cccc(OC)c2)cc1OC. The van der Waals surface area contributed by atoms with Crippen molar-refractivity contribution < 1.29 is 19.0 Å². The van der Waals surface area contributed by atoms with Crippen molar-refractivity contribution in [3.05, 3.63) is 54.1 Å². The van der Waals surface area contributed by atoms with E-state index in [4.69, 9.17) is 14.2 Å². The monoisotopic (exact) mass is 355 g/mol. The molecule has 2 aromatic carbocycles. The number of hydrogen-bond acceptors (Lipinski definition) is 4. The minimum Gasteiger partial charge on any atom is -0.497 e. The number of nitrogens with one attached hydrogen (secondary N) is 1. The van der Waals surface area contributed by atoms with Gasteiger partial charge in [0.1, 0.15) is 5.75 Å². The van der Waals surface area contributed by atoms with Gasteiger partial charge in [0.05, 0.1) is 20.8 Å². The van der Waals surface area contributed by atoms with E-state index in [1.165, 1.54) is 6.08 Å². The number of ether oxygens (including phenoxy) is 3. The molecule has 1 N–H and O–H groups in total. The lowest BCUT2D eigenvalue weighted by Crippen LogP contribution is -2.07. The molecule has 0 atom stereocenters. The lowest BCUT2D eigenvalue weighted by atomic mass is 10.2. The van der Waals surface area contributed by atoms with Crippen LogP contribution < -0.4 is 19.5 Å². The van der Waals surface area contributed by atoms with Gasteiger partial charge in [-0.15, -0.1) is 0 Å². The number of anilines is 1. The zero-order valence-corrected chi connectivity index (χ0v) is 15.5. The number of benzene rings is 2. The summed E-state index contributed by atoms with van der Waals surface area (Å²) < 4.78 is 16.2. The Balaban J connectivity index is 2.00. The van der Waals surface area contributed by atoms with Crippen LogP contribution in [0.4, 0.5) is 5.69 Å². The maximum atomic E-state index is 12.1. The van der Waals surface area contributed by atoms with Crippen LogP contribution in [0, 0.1) is 0 Å². The first kappa shape index (κ1) is 19.4. The molecule has 0 saturated heterocycles. The summed E-state index contributed by atoms with van der Waals surface area (Å²) >= 11 is 0. The molecule has 5 heteroatoms. The van der Waals surface area contributed by atoms with Gasteiger partial charge in [-0.25, -0.2) is 0 Å². The highest BCUT2D eigenvalue weighted by Gasteiger charge is 2.05. The smallest absolute Gasteiger partial charge is 0.248 e. The predicted molar refractivity (Wildman–Crippen MR) is 104 cm³/mol. The summed E-state index contributed by atoms with van der Waals surface area (Å²) in [7, 11) is 3.19. The van der Waals surface area contributed by atoms with E-state index in [1.807, 2.05) is 30.3 Å². The van der Waals surface area contributed by atoms with Gasteiger partial charge in [0.15, 0.2) is 11.5 Å². The van der Waals surface area contributed by atoms with Crippen molar-refractivity contribution in [3.8, 4) is 17.2 Å². The van der Waals surface area contributed by atoms with Crippen LogP contribution in [0.5, 0.6) is 17.2 Å². The molecule has 0 spiro atoms. The molecule has 2 rings (SSSR count). The molecule has 0 aromatic heterocycles. The first-order valence-corrected chi connectivity index (χ1v) is 8.60. The molecular weight excluding hydrogens is 330 g/mol. The number of unbranched alkanes of at least 4 members (excludes halogenated alkanes) is 1. The molecule has 0 heterocycles. The second-order valence-corrected chi connectivity index (χ2v) is 5.67. The highest BCUT2D eigenvalue weighted by atomic mass is 16.5. The van der Waals surface area contributed by atoms with Crippen LogP contribution in [0.3, 0.4) is 0 Å². The summed E-state index contributed by atoms with van der Waals surface area (Å²) in [5.41, 5.74) is 1.53. The normalized spacial score (nSPS) is 10.6. The molecule has 0 unspecified atom stereocenters. The van der Waals surface area contributed by atoms with Crippen LogP contribution in [0.1, 0.15) is 25.3 Å². The van der Waals surface area contributed by atoms with Crippen molar-refractivity contribution in [1.29, 1.82) is 0 Å². The van der Waals surface area contributed by atoms with Gasteiger partial charge in [0, 0.05) is 17.8 Å². The molecule has 2 aromatic rings. The standard InChI is InChI=1S/C21H25NO4/c1-4-5-13-26-19-11-9-16(14-20(19)25-3)10-12-21(23)22-17-7-6-8-18(15-17)24-2/h6-12,14-15H,4-5,13H2,1-3H3,(H,22,23)/b12-10+. The molecular formula is C21H25NO4. The number of amides is 1. The topological polar surface area (TPSA) is 56.8 Å². The van der Waals surface area contributed by atoms with E-state index in [-0.39, 0.29) is 5.91 Å². The second-order valence-electron chi connectivity index (χ2n) is 5.67. The summed E-state index contributed by atoms with van der Waals surface area (Å²) in [6.45, 7) is 2.77. The molecule has 0 bridgehead atoms. The Hall–Kier alpha value is -2.95. The van der Waals surface area contributed by atoms with Crippen LogP contribution in [0.25, 0.3) is 6.08 Å². The maximum absolute atomic E-state index is 12.1. The largest absolute Gasteiger partial charge is 0.497 e. The lowest BCUT2D eigenvalue weighted by molar-refractivity contribution is -0.111. The fraction of sp³-hybridized carbons (Fsp3) is 0.286. The van der Waals surface area contributed by atoms with Crippen molar-refractivity contribution in [2.45, 2.75) is 19.8 Å². The van der Waals surface area contributed by atoms with Crippen LogP contribution in [-0.4, -0.2) is 26.7 Å². The number of hydrogen-bond donors (Lipinski definition) is 1. The third kappa shape index (κ3) is 5.84. The summed E-state index contributed by atoms with van der Waals surface area (Å²) in [5.74, 6) is 1.83. The number of carbonyl (C=O) groups is 1. The molecule has 138 valence electrons. The molecule has 0 aliphatic heterocycles. The number of rotatable bonds is 9. The minimum absolute atomic E-state index is 0.222. The van der Waals surface area contributed by atoms with Gasteiger partial charge >= 0.3 is 0 Å². The van der Waals surface area contributed by atoms with E-state index >= 15 is 0 Å². The highest BCUT2D eigenvalue weighted by molar-refractivity contribution is 6.02. The van der Waals surface area contributed by atoms with E-state index < -0.39 is 0 Å². The van der Waals surface area contributed by atoms with Crippen molar-refractivity contribution in [3.63, 3.8) is 0 Å². The first-order chi connectivity index (χ1) is 12.7. The summed E-state index contributed by atoms with van der Waals surface area (Å²) in [5, 5.41) is 2.80. The molecule has 5 nitrogen and oxygen atoms in total.